The molecule has 0 spiro atoms. The lowest BCUT2D eigenvalue weighted by Gasteiger charge is -2.20. The largest absolute Gasteiger partial charge is 0.372 e. The van der Waals surface area contributed by atoms with Gasteiger partial charge in [-0.2, -0.15) is 0 Å². The van der Waals surface area contributed by atoms with Crippen LogP contribution in [0.15, 0.2) is 18.3 Å². The highest BCUT2D eigenvalue weighted by Crippen LogP contribution is 2.14. The molecule has 0 aliphatic carbocycles. The van der Waals surface area contributed by atoms with Crippen molar-refractivity contribution in [3.05, 3.63) is 24.0 Å². The number of hydrogen-bond donors (Lipinski definition) is 0. The Labute approximate surface area is 84.5 Å². The highest BCUT2D eigenvalue weighted by Gasteiger charge is 2.01. The van der Waals surface area contributed by atoms with Gasteiger partial charge in [-0.25, -0.2) is 0 Å². The van der Waals surface area contributed by atoms with E-state index in [1.807, 2.05) is 18.3 Å². The molecule has 0 saturated carbocycles. The molecule has 0 aliphatic heterocycles. The summed E-state index contributed by atoms with van der Waals surface area (Å²) in [5.41, 5.74) is 2.14. The lowest BCUT2D eigenvalue weighted by molar-refractivity contribution is 0.862. The number of alkyl halides is 1. The second kappa shape index (κ2) is 5.07. The Morgan fingerprint density at radius 2 is 2.08 bits per heavy atom. The summed E-state index contributed by atoms with van der Waals surface area (Å²) in [6, 6.07) is 4.06. The van der Waals surface area contributed by atoms with Crippen LogP contribution >= 0.6 is 11.6 Å². The highest BCUT2D eigenvalue weighted by molar-refractivity contribution is 6.16. The molecule has 0 aromatic carbocycles. The Morgan fingerprint density at radius 3 is 2.62 bits per heavy atom. The molecule has 0 aliphatic rings. The predicted molar refractivity (Wildman–Crippen MR) is 57.4 cm³/mol. The van der Waals surface area contributed by atoms with Gasteiger partial charge in [0.2, 0.25) is 0 Å². The second-order valence-corrected chi connectivity index (χ2v) is 3.08. The van der Waals surface area contributed by atoms with Gasteiger partial charge in [0.15, 0.2) is 0 Å². The first kappa shape index (κ1) is 10.3. The van der Waals surface area contributed by atoms with Gasteiger partial charge in [0, 0.05) is 25.0 Å². The van der Waals surface area contributed by atoms with Gasteiger partial charge in [0.25, 0.3) is 0 Å². The molecule has 0 unspecified atom stereocenters. The van der Waals surface area contributed by atoms with Crippen molar-refractivity contribution in [2.24, 2.45) is 0 Å². The number of pyridine rings is 1. The minimum Gasteiger partial charge on any atom is -0.372 e. The van der Waals surface area contributed by atoms with Crippen LogP contribution in [0.3, 0.4) is 0 Å². The fourth-order valence-electron chi connectivity index (χ4n) is 1.32. The third-order valence-corrected chi connectivity index (χ3v) is 2.34. The van der Waals surface area contributed by atoms with Crippen molar-refractivity contribution in [2.75, 3.05) is 18.0 Å². The van der Waals surface area contributed by atoms with E-state index in [0.29, 0.717) is 5.88 Å². The molecule has 1 aromatic rings. The van der Waals surface area contributed by atoms with Gasteiger partial charge in [0.05, 0.1) is 11.6 Å². The van der Waals surface area contributed by atoms with Crippen LogP contribution < -0.4 is 4.90 Å². The molecule has 3 heteroatoms. The second-order valence-electron chi connectivity index (χ2n) is 2.81. The zero-order chi connectivity index (χ0) is 9.68. The SMILES string of the molecule is CCN(CC)c1ccnc(CCl)c1. The standard InChI is InChI=1S/C10H15ClN2/c1-3-13(4-2)10-5-6-12-9(7-10)8-11/h5-7H,3-4,8H2,1-2H3. The number of rotatable bonds is 4. The van der Waals surface area contributed by atoms with Gasteiger partial charge >= 0.3 is 0 Å². The quantitative estimate of drug-likeness (QED) is 0.692. The highest BCUT2D eigenvalue weighted by atomic mass is 35.5. The topological polar surface area (TPSA) is 16.1 Å². The third-order valence-electron chi connectivity index (χ3n) is 2.07. The molecule has 2 nitrogen and oxygen atoms in total. The van der Waals surface area contributed by atoms with Crippen molar-refractivity contribution in [2.45, 2.75) is 19.7 Å². The number of hydrogen-bond acceptors (Lipinski definition) is 2. The molecular weight excluding hydrogens is 184 g/mol. The van der Waals surface area contributed by atoms with Crippen LogP contribution in [0.4, 0.5) is 5.69 Å². The van der Waals surface area contributed by atoms with E-state index in [9.17, 15) is 0 Å². The van der Waals surface area contributed by atoms with Gasteiger partial charge in [0.1, 0.15) is 0 Å². The van der Waals surface area contributed by atoms with E-state index >= 15 is 0 Å². The maximum atomic E-state index is 5.71. The zero-order valence-corrected chi connectivity index (χ0v) is 8.88. The normalized spacial score (nSPS) is 10.1. The monoisotopic (exact) mass is 198 g/mol. The smallest absolute Gasteiger partial charge is 0.0648 e. The van der Waals surface area contributed by atoms with Crippen molar-refractivity contribution in [1.82, 2.24) is 4.98 Å². The summed E-state index contributed by atoms with van der Waals surface area (Å²) in [5, 5.41) is 0. The predicted octanol–water partition coefficient (Wildman–Crippen LogP) is 2.67. The summed E-state index contributed by atoms with van der Waals surface area (Å²) < 4.78 is 0. The number of halogens is 1. The molecule has 0 bridgehead atoms. The fourth-order valence-corrected chi connectivity index (χ4v) is 1.47. The third kappa shape index (κ3) is 2.59. The van der Waals surface area contributed by atoms with E-state index < -0.39 is 0 Å². The van der Waals surface area contributed by atoms with Crippen LogP contribution in [0.25, 0.3) is 0 Å². The van der Waals surface area contributed by atoms with Crippen LogP contribution in [-0.4, -0.2) is 18.1 Å². The maximum Gasteiger partial charge on any atom is 0.0648 e. The van der Waals surface area contributed by atoms with Gasteiger partial charge in [-0.1, -0.05) is 0 Å². The van der Waals surface area contributed by atoms with Crippen LogP contribution in [0.5, 0.6) is 0 Å². The van der Waals surface area contributed by atoms with Crippen LogP contribution in [0, 0.1) is 0 Å². The maximum absolute atomic E-state index is 5.71. The van der Waals surface area contributed by atoms with E-state index in [2.05, 4.69) is 23.7 Å². The number of anilines is 1. The van der Waals surface area contributed by atoms with E-state index in [-0.39, 0.29) is 0 Å². The van der Waals surface area contributed by atoms with E-state index in [1.54, 1.807) is 0 Å². The molecule has 72 valence electrons. The molecule has 1 heterocycles. The van der Waals surface area contributed by atoms with Gasteiger partial charge in [-0.15, -0.1) is 11.6 Å². The summed E-state index contributed by atoms with van der Waals surface area (Å²) in [4.78, 5) is 6.43. The molecule has 0 radical (unpaired) electrons. The van der Waals surface area contributed by atoms with E-state index in [0.717, 1.165) is 18.8 Å². The first-order chi connectivity index (χ1) is 6.31. The first-order valence-corrected chi connectivity index (χ1v) is 5.11. The molecule has 0 atom stereocenters. The van der Waals surface area contributed by atoms with Crippen LogP contribution in [-0.2, 0) is 5.88 Å². The Bertz CT molecular complexity index is 259. The average Bonchev–Trinajstić information content (AvgIpc) is 2.20. The Kier molecular flexibility index (Phi) is 4.03. The number of nitrogens with zero attached hydrogens (tertiary/aromatic N) is 2. The summed E-state index contributed by atoms with van der Waals surface area (Å²) in [6.07, 6.45) is 1.81. The minimum atomic E-state index is 0.481. The van der Waals surface area contributed by atoms with E-state index in [1.165, 1.54) is 5.69 Å². The Balaban J connectivity index is 2.86. The molecule has 13 heavy (non-hydrogen) atoms. The molecule has 0 fully saturated rings. The number of aromatic nitrogens is 1. The molecular formula is C10H15ClN2. The Morgan fingerprint density at radius 1 is 1.38 bits per heavy atom. The molecule has 0 amide bonds. The lowest BCUT2D eigenvalue weighted by Crippen LogP contribution is -2.21. The Hall–Kier alpha value is -0.760. The van der Waals surface area contributed by atoms with E-state index in [4.69, 9.17) is 11.6 Å². The molecule has 1 aromatic heterocycles. The zero-order valence-electron chi connectivity index (χ0n) is 8.13. The van der Waals surface area contributed by atoms with Crippen molar-refractivity contribution >= 4 is 17.3 Å². The van der Waals surface area contributed by atoms with Crippen molar-refractivity contribution in [3.63, 3.8) is 0 Å². The van der Waals surface area contributed by atoms with Gasteiger partial charge in [-0.05, 0) is 26.0 Å². The average molecular weight is 199 g/mol. The minimum absolute atomic E-state index is 0.481. The molecule has 1 rings (SSSR count). The molecule has 0 N–H and O–H groups in total. The van der Waals surface area contributed by atoms with Crippen LogP contribution in [0.1, 0.15) is 19.5 Å². The van der Waals surface area contributed by atoms with Crippen molar-refractivity contribution in [1.29, 1.82) is 0 Å². The molecule has 0 saturated heterocycles. The summed E-state index contributed by atoms with van der Waals surface area (Å²) in [7, 11) is 0. The summed E-state index contributed by atoms with van der Waals surface area (Å²) >= 11 is 5.71. The van der Waals surface area contributed by atoms with Crippen molar-refractivity contribution < 1.29 is 0 Å². The lowest BCUT2D eigenvalue weighted by atomic mass is 10.3. The first-order valence-electron chi connectivity index (χ1n) is 4.57. The fraction of sp³-hybridized carbons (Fsp3) is 0.500. The van der Waals surface area contributed by atoms with Crippen molar-refractivity contribution in [3.8, 4) is 0 Å². The van der Waals surface area contributed by atoms with Crippen LogP contribution in [0.2, 0.25) is 0 Å². The summed E-state index contributed by atoms with van der Waals surface area (Å²) in [6.45, 7) is 6.32. The summed E-state index contributed by atoms with van der Waals surface area (Å²) in [5.74, 6) is 0.481. The van der Waals surface area contributed by atoms with Gasteiger partial charge in [-0.3, -0.25) is 4.98 Å². The van der Waals surface area contributed by atoms with Gasteiger partial charge < -0.3 is 4.90 Å².